The van der Waals surface area contributed by atoms with Crippen molar-refractivity contribution in [1.29, 1.82) is 0 Å². The molecule has 1 unspecified atom stereocenters. The molecule has 0 bridgehead atoms. The van der Waals surface area contributed by atoms with Crippen molar-refractivity contribution < 1.29 is 0 Å². The van der Waals surface area contributed by atoms with Crippen molar-refractivity contribution in [3.63, 3.8) is 0 Å². The van der Waals surface area contributed by atoms with Gasteiger partial charge in [0.15, 0.2) is 0 Å². The summed E-state index contributed by atoms with van der Waals surface area (Å²) in [7, 11) is 0. The molecule has 0 saturated carbocycles. The number of nitrogens with zero attached hydrogens (tertiary/aromatic N) is 1. The molecule has 0 amide bonds. The Bertz CT molecular complexity index is 955. The van der Waals surface area contributed by atoms with Gasteiger partial charge in [0.25, 0.3) is 0 Å². The summed E-state index contributed by atoms with van der Waals surface area (Å²) in [5, 5.41) is 0. The summed E-state index contributed by atoms with van der Waals surface area (Å²) >= 11 is 0. The largest absolute Gasteiger partial charge is 0.316 e. The third kappa shape index (κ3) is 5.70. The molecule has 0 saturated heterocycles. The fourth-order valence-corrected chi connectivity index (χ4v) is 4.17. The number of rotatable bonds is 8. The van der Waals surface area contributed by atoms with Gasteiger partial charge in [0, 0.05) is 17.1 Å². The fraction of sp³-hybridized carbons (Fsp3) is 0.310. The zero-order valence-corrected chi connectivity index (χ0v) is 20.3. The topological polar surface area (TPSA) is 3.24 Å². The molecule has 31 heavy (non-hydrogen) atoms. The maximum absolute atomic E-state index is 4.54. The molecule has 0 aliphatic carbocycles. The van der Waals surface area contributed by atoms with E-state index in [-0.39, 0.29) is 6.71 Å². The van der Waals surface area contributed by atoms with Crippen LogP contribution in [0.25, 0.3) is 0 Å². The Labute approximate surface area is 191 Å². The molecule has 0 aromatic heterocycles. The van der Waals surface area contributed by atoms with Crippen LogP contribution in [0.2, 0.25) is 0 Å². The van der Waals surface area contributed by atoms with Crippen molar-refractivity contribution in [3.05, 3.63) is 114 Å². The molecule has 1 aromatic rings. The Hall–Kier alpha value is -2.74. The maximum Gasteiger partial charge on any atom is 0.241 e. The van der Waals surface area contributed by atoms with E-state index >= 15 is 0 Å². The Kier molecular flexibility index (Phi) is 9.18. The molecule has 0 N–H and O–H groups in total. The number of benzene rings is 1. The maximum atomic E-state index is 4.54. The van der Waals surface area contributed by atoms with Crippen LogP contribution >= 0.6 is 0 Å². The summed E-state index contributed by atoms with van der Waals surface area (Å²) in [6, 6.07) is 8.67. The number of aryl methyl sites for hydroxylation is 1. The molecule has 1 aromatic carbocycles. The second kappa shape index (κ2) is 11.6. The highest BCUT2D eigenvalue weighted by Crippen LogP contribution is 2.36. The molecule has 2 rings (SSSR count). The molecule has 1 heterocycles. The number of hydrogen-bond acceptors (Lipinski definition) is 1. The van der Waals surface area contributed by atoms with Crippen LogP contribution in [-0.2, 0) is 0 Å². The average Bonchev–Trinajstić information content (AvgIpc) is 2.76. The van der Waals surface area contributed by atoms with Gasteiger partial charge >= 0.3 is 0 Å². The van der Waals surface area contributed by atoms with Crippen LogP contribution in [0.3, 0.4) is 0 Å². The van der Waals surface area contributed by atoms with Crippen molar-refractivity contribution in [3.8, 4) is 0 Å². The van der Waals surface area contributed by atoms with Crippen LogP contribution in [0.4, 0.5) is 0 Å². The Morgan fingerprint density at radius 2 is 1.90 bits per heavy atom. The van der Waals surface area contributed by atoms with Crippen LogP contribution in [-0.4, -0.2) is 11.6 Å². The second-order valence-electron chi connectivity index (χ2n) is 8.46. The van der Waals surface area contributed by atoms with E-state index in [4.69, 9.17) is 0 Å². The first-order valence-corrected chi connectivity index (χ1v) is 11.4. The van der Waals surface area contributed by atoms with Gasteiger partial charge in [-0.15, -0.1) is 0 Å². The van der Waals surface area contributed by atoms with Gasteiger partial charge in [0.2, 0.25) is 6.71 Å². The lowest BCUT2D eigenvalue weighted by Gasteiger charge is -2.39. The number of hydrogen-bond donors (Lipinski definition) is 0. The first kappa shape index (κ1) is 24.5. The van der Waals surface area contributed by atoms with Crippen LogP contribution < -0.4 is 5.46 Å². The Morgan fingerprint density at radius 1 is 1.19 bits per heavy atom. The van der Waals surface area contributed by atoms with Crippen LogP contribution in [0.15, 0.2) is 108 Å². The molecular formula is C29H38BN. The molecule has 162 valence electrons. The van der Waals surface area contributed by atoms with E-state index in [2.05, 4.69) is 114 Å². The summed E-state index contributed by atoms with van der Waals surface area (Å²) in [6.45, 7) is 21.9. The van der Waals surface area contributed by atoms with Gasteiger partial charge in [-0.05, 0) is 52.2 Å². The molecule has 0 radical (unpaired) electrons. The molecule has 0 fully saturated rings. The van der Waals surface area contributed by atoms with Gasteiger partial charge in [-0.1, -0.05) is 110 Å². The summed E-state index contributed by atoms with van der Waals surface area (Å²) < 4.78 is 0. The molecule has 1 nitrogen and oxygen atoms in total. The Balaban J connectivity index is 2.59. The zero-order valence-electron chi connectivity index (χ0n) is 20.3. The van der Waals surface area contributed by atoms with E-state index in [0.29, 0.717) is 5.92 Å². The van der Waals surface area contributed by atoms with Crippen LogP contribution in [0, 0.1) is 12.8 Å². The summed E-state index contributed by atoms with van der Waals surface area (Å²) in [6.07, 6.45) is 17.2. The van der Waals surface area contributed by atoms with Crippen molar-refractivity contribution >= 4 is 12.2 Å². The van der Waals surface area contributed by atoms with E-state index in [9.17, 15) is 0 Å². The van der Waals surface area contributed by atoms with E-state index in [1.54, 1.807) is 0 Å². The fourth-order valence-electron chi connectivity index (χ4n) is 4.17. The van der Waals surface area contributed by atoms with Gasteiger partial charge in [0.05, 0.1) is 0 Å². The predicted octanol–water partition coefficient (Wildman–Crippen LogP) is 7.46. The van der Waals surface area contributed by atoms with Gasteiger partial charge in [-0.2, -0.15) is 0 Å². The van der Waals surface area contributed by atoms with E-state index in [1.165, 1.54) is 34.1 Å². The van der Waals surface area contributed by atoms with E-state index in [0.717, 1.165) is 17.8 Å². The SMILES string of the molecule is C=C/C=C\C1=C(C)B(c2ccccc2C)/C(=C/C)C(=C)N1/C(C)=C/C=C\CC(C)CC. The van der Waals surface area contributed by atoms with Gasteiger partial charge in [-0.25, -0.2) is 0 Å². The molecule has 2 heteroatoms. The monoisotopic (exact) mass is 411 g/mol. The summed E-state index contributed by atoms with van der Waals surface area (Å²) in [4.78, 5) is 2.28. The third-order valence-electron chi connectivity index (χ3n) is 6.25. The van der Waals surface area contributed by atoms with Gasteiger partial charge in [-0.3, -0.25) is 0 Å². The van der Waals surface area contributed by atoms with Crippen LogP contribution in [0.5, 0.6) is 0 Å². The minimum atomic E-state index is 0.202. The minimum Gasteiger partial charge on any atom is -0.316 e. The minimum absolute atomic E-state index is 0.202. The number of allylic oxidation sites excluding steroid dienone is 10. The molecule has 1 aliphatic rings. The lowest BCUT2D eigenvalue weighted by Crippen LogP contribution is -2.44. The molecule has 1 atom stereocenters. The average molecular weight is 411 g/mol. The van der Waals surface area contributed by atoms with Gasteiger partial charge in [0.1, 0.15) is 0 Å². The highest BCUT2D eigenvalue weighted by Gasteiger charge is 2.35. The molecule has 1 aliphatic heterocycles. The van der Waals surface area contributed by atoms with E-state index in [1.807, 2.05) is 12.2 Å². The normalized spacial score (nSPS) is 18.1. The zero-order chi connectivity index (χ0) is 23.0. The summed E-state index contributed by atoms with van der Waals surface area (Å²) in [5.74, 6) is 0.715. The first-order chi connectivity index (χ1) is 14.9. The third-order valence-corrected chi connectivity index (χ3v) is 6.25. The Morgan fingerprint density at radius 3 is 2.52 bits per heavy atom. The smallest absolute Gasteiger partial charge is 0.241 e. The van der Waals surface area contributed by atoms with Crippen molar-refractivity contribution in [2.75, 3.05) is 0 Å². The van der Waals surface area contributed by atoms with E-state index < -0.39 is 0 Å². The standard InChI is InChI=1S/C29H38BN/c1-9-12-21-29-25(7)30(28-20-16-14-18-23(28)5)27(11-3)26(8)31(29)24(6)19-15-13-17-22(4)10-2/h9,11-16,18-22H,1,8,10,17H2,2-7H3/b15-13-,21-12-,24-19+,27-11+. The highest BCUT2D eigenvalue weighted by molar-refractivity contribution is 6.87. The van der Waals surface area contributed by atoms with Crippen LogP contribution in [0.1, 0.15) is 53.0 Å². The van der Waals surface area contributed by atoms with Crippen molar-refractivity contribution in [2.24, 2.45) is 5.92 Å². The quantitative estimate of drug-likeness (QED) is 0.317. The van der Waals surface area contributed by atoms with Gasteiger partial charge < -0.3 is 4.90 Å². The lowest BCUT2D eigenvalue weighted by atomic mass is 9.33. The predicted molar refractivity (Wildman–Crippen MR) is 140 cm³/mol. The first-order valence-electron chi connectivity index (χ1n) is 11.4. The molecule has 0 spiro atoms. The molecular weight excluding hydrogens is 373 g/mol. The van der Waals surface area contributed by atoms with Crippen molar-refractivity contribution in [1.82, 2.24) is 4.90 Å². The summed E-state index contributed by atoms with van der Waals surface area (Å²) in [5.41, 5.74) is 8.61. The van der Waals surface area contributed by atoms with Crippen molar-refractivity contribution in [2.45, 2.75) is 54.4 Å². The highest BCUT2D eigenvalue weighted by atomic mass is 15.2. The lowest BCUT2D eigenvalue weighted by molar-refractivity contribution is 0.551. The second-order valence-corrected chi connectivity index (χ2v) is 8.46.